The van der Waals surface area contributed by atoms with Crippen LogP contribution in [0.5, 0.6) is 0 Å². The van der Waals surface area contributed by atoms with Crippen molar-refractivity contribution in [3.63, 3.8) is 0 Å². The molecule has 1 aromatic carbocycles. The van der Waals surface area contributed by atoms with Crippen LogP contribution in [0.15, 0.2) is 18.2 Å². The second-order valence-electron chi connectivity index (χ2n) is 10.6. The first-order chi connectivity index (χ1) is 18.4. The van der Waals surface area contributed by atoms with Gasteiger partial charge in [-0.1, -0.05) is 0 Å². The quantitative estimate of drug-likeness (QED) is 0.218. The predicted molar refractivity (Wildman–Crippen MR) is 138 cm³/mol. The average molecular weight is 529 g/mol. The highest BCUT2D eigenvalue weighted by Gasteiger charge is 2.50. The molecule has 1 unspecified atom stereocenters. The van der Waals surface area contributed by atoms with E-state index < -0.39 is 29.7 Å². The molecule has 1 spiro atoms. The molecule has 0 saturated carbocycles. The molecule has 4 aliphatic heterocycles. The van der Waals surface area contributed by atoms with Crippen LogP contribution in [-0.4, -0.2) is 123 Å². The minimum absolute atomic E-state index is 0.0969. The summed E-state index contributed by atoms with van der Waals surface area (Å²) in [6, 6.07) is 4.01. The van der Waals surface area contributed by atoms with Crippen LogP contribution >= 0.6 is 0 Å². The Morgan fingerprint density at radius 2 is 1.58 bits per heavy atom. The molecule has 4 amide bonds. The molecule has 0 radical (unpaired) electrons. The number of amides is 4. The van der Waals surface area contributed by atoms with Crippen LogP contribution in [0.1, 0.15) is 33.6 Å². The van der Waals surface area contributed by atoms with E-state index in [2.05, 4.69) is 20.4 Å². The Morgan fingerprint density at radius 1 is 0.921 bits per heavy atom. The molecule has 206 valence electrons. The van der Waals surface area contributed by atoms with E-state index in [-0.39, 0.29) is 24.0 Å². The fraction of sp³-hybridized carbons (Fsp3) is 0.615. The molecule has 5 rings (SSSR count). The van der Waals surface area contributed by atoms with Crippen molar-refractivity contribution in [1.29, 1.82) is 0 Å². The van der Waals surface area contributed by atoms with E-state index in [1.54, 1.807) is 18.2 Å². The third-order valence-corrected chi connectivity index (χ3v) is 7.62. The Kier molecular flexibility index (Phi) is 8.05. The fourth-order valence-electron chi connectivity index (χ4n) is 5.84. The minimum Gasteiger partial charge on any atom is -0.383 e. The topological polar surface area (TPSA) is 147 Å². The number of ether oxygens (including phenoxy) is 2. The van der Waals surface area contributed by atoms with Crippen LogP contribution in [0.25, 0.3) is 0 Å². The molecule has 0 aliphatic carbocycles. The molecule has 3 saturated heterocycles. The van der Waals surface area contributed by atoms with Gasteiger partial charge in [0.2, 0.25) is 11.8 Å². The summed E-state index contributed by atoms with van der Waals surface area (Å²) in [6.45, 7) is 10.1. The number of carbonyl (C=O) groups excluding carboxylic acids is 4. The Bertz CT molecular complexity index is 1080. The van der Waals surface area contributed by atoms with Gasteiger partial charge in [-0.2, -0.15) is 0 Å². The Hall–Kier alpha value is -2.90. The van der Waals surface area contributed by atoms with Gasteiger partial charge in [0.1, 0.15) is 6.04 Å². The molecule has 3 fully saturated rings. The SMILES string of the molecule is NCCOCCN1CC2(C1)CN(CCOCCNc1ccc3c(c1)C(=O)N(C1CCC(=O)NC1=O)C3=O)C2. The monoisotopic (exact) mass is 528 g/mol. The van der Waals surface area contributed by atoms with Crippen molar-refractivity contribution in [2.24, 2.45) is 11.1 Å². The van der Waals surface area contributed by atoms with Gasteiger partial charge in [-0.3, -0.25) is 39.2 Å². The summed E-state index contributed by atoms with van der Waals surface area (Å²) in [5, 5.41) is 5.43. The lowest BCUT2D eigenvalue weighted by Crippen LogP contribution is -2.72. The van der Waals surface area contributed by atoms with Crippen LogP contribution in [0.2, 0.25) is 0 Å². The van der Waals surface area contributed by atoms with Crippen molar-refractivity contribution >= 4 is 29.3 Å². The number of hydrogen-bond acceptors (Lipinski definition) is 10. The zero-order valence-corrected chi connectivity index (χ0v) is 21.6. The normalized spacial score (nSPS) is 22.9. The second kappa shape index (κ2) is 11.5. The molecule has 1 aromatic rings. The van der Waals surface area contributed by atoms with E-state index in [4.69, 9.17) is 15.2 Å². The largest absolute Gasteiger partial charge is 0.383 e. The summed E-state index contributed by atoms with van der Waals surface area (Å²) in [5.74, 6) is -2.02. The highest BCUT2D eigenvalue weighted by molar-refractivity contribution is 6.23. The van der Waals surface area contributed by atoms with E-state index in [1.165, 1.54) is 0 Å². The first-order valence-corrected chi connectivity index (χ1v) is 13.3. The van der Waals surface area contributed by atoms with Gasteiger partial charge in [0, 0.05) is 69.9 Å². The van der Waals surface area contributed by atoms with Crippen LogP contribution < -0.4 is 16.4 Å². The number of anilines is 1. The smallest absolute Gasteiger partial charge is 0.262 e. The third-order valence-electron chi connectivity index (χ3n) is 7.62. The minimum atomic E-state index is -0.963. The van der Waals surface area contributed by atoms with Gasteiger partial charge in [-0.25, -0.2) is 0 Å². The Labute approximate surface area is 221 Å². The van der Waals surface area contributed by atoms with E-state index in [0.717, 1.165) is 50.8 Å². The van der Waals surface area contributed by atoms with Gasteiger partial charge >= 0.3 is 0 Å². The maximum absolute atomic E-state index is 12.9. The maximum Gasteiger partial charge on any atom is 0.262 e. The van der Waals surface area contributed by atoms with Crippen molar-refractivity contribution in [3.8, 4) is 0 Å². The summed E-state index contributed by atoms with van der Waals surface area (Å²) in [4.78, 5) is 55.2. The number of likely N-dealkylation sites (tertiary alicyclic amines) is 2. The number of nitrogens with one attached hydrogen (secondary N) is 2. The summed E-state index contributed by atoms with van der Waals surface area (Å²) in [6.07, 6.45) is 0.236. The van der Waals surface area contributed by atoms with Crippen molar-refractivity contribution < 1.29 is 28.7 Å². The number of nitrogens with two attached hydrogens (primary N) is 1. The molecule has 4 heterocycles. The summed E-state index contributed by atoms with van der Waals surface area (Å²) >= 11 is 0. The summed E-state index contributed by atoms with van der Waals surface area (Å²) in [5.41, 5.74) is 7.12. The number of nitrogens with zero attached hydrogens (tertiary/aromatic N) is 3. The number of hydrogen-bond donors (Lipinski definition) is 3. The van der Waals surface area contributed by atoms with Gasteiger partial charge in [-0.15, -0.1) is 0 Å². The molecule has 38 heavy (non-hydrogen) atoms. The molecule has 12 heteroatoms. The number of benzene rings is 1. The summed E-state index contributed by atoms with van der Waals surface area (Å²) in [7, 11) is 0. The van der Waals surface area contributed by atoms with E-state index in [9.17, 15) is 19.2 Å². The highest BCUT2D eigenvalue weighted by atomic mass is 16.5. The van der Waals surface area contributed by atoms with Crippen LogP contribution in [-0.2, 0) is 19.1 Å². The number of imide groups is 2. The van der Waals surface area contributed by atoms with Crippen molar-refractivity contribution in [1.82, 2.24) is 20.0 Å². The number of carbonyl (C=O) groups is 4. The molecule has 12 nitrogen and oxygen atoms in total. The third kappa shape index (κ3) is 5.59. The van der Waals surface area contributed by atoms with Gasteiger partial charge in [-0.05, 0) is 24.6 Å². The lowest BCUT2D eigenvalue weighted by atomic mass is 9.73. The lowest BCUT2D eigenvalue weighted by Gasteiger charge is -2.60. The molecule has 0 bridgehead atoms. The molecule has 1 atom stereocenters. The molecular formula is C26H36N6O6. The van der Waals surface area contributed by atoms with Crippen molar-refractivity contribution in [3.05, 3.63) is 29.3 Å². The molecule has 0 aromatic heterocycles. The van der Waals surface area contributed by atoms with E-state index in [1.807, 2.05) is 0 Å². The fourth-order valence-corrected chi connectivity index (χ4v) is 5.84. The zero-order valence-electron chi connectivity index (χ0n) is 21.6. The maximum atomic E-state index is 12.9. The predicted octanol–water partition coefficient (Wildman–Crippen LogP) is -0.891. The van der Waals surface area contributed by atoms with Gasteiger partial charge < -0.3 is 20.5 Å². The second-order valence-corrected chi connectivity index (χ2v) is 10.6. The van der Waals surface area contributed by atoms with Gasteiger partial charge in [0.15, 0.2) is 0 Å². The number of piperidine rings is 1. The lowest BCUT2D eigenvalue weighted by molar-refractivity contribution is -0.136. The molecule has 4 N–H and O–H groups in total. The van der Waals surface area contributed by atoms with Gasteiger partial charge in [0.25, 0.3) is 11.8 Å². The first-order valence-electron chi connectivity index (χ1n) is 13.3. The zero-order chi connectivity index (χ0) is 26.7. The van der Waals surface area contributed by atoms with Crippen LogP contribution in [0.3, 0.4) is 0 Å². The molecule has 4 aliphatic rings. The summed E-state index contributed by atoms with van der Waals surface area (Å²) < 4.78 is 11.2. The Balaban J connectivity index is 0.975. The van der Waals surface area contributed by atoms with Crippen molar-refractivity contribution in [2.45, 2.75) is 18.9 Å². The number of rotatable bonds is 13. The first kappa shape index (κ1) is 26.7. The average Bonchev–Trinajstić information content (AvgIpc) is 3.09. The van der Waals surface area contributed by atoms with Crippen molar-refractivity contribution in [2.75, 3.05) is 84.1 Å². The van der Waals surface area contributed by atoms with Crippen LogP contribution in [0.4, 0.5) is 5.69 Å². The standard InChI is InChI=1S/C26H36N6O6/c27-5-9-37-11-7-30-14-26(15-30)16-31(17-26)8-12-38-10-6-28-18-1-2-19-20(13-18)25(36)32(24(19)35)21-3-4-22(33)29-23(21)34/h1-2,13,21,28H,3-12,14-17,27H2,(H,29,33,34). The number of fused-ring (bicyclic) bond motifs is 1. The Morgan fingerprint density at radius 3 is 2.24 bits per heavy atom. The van der Waals surface area contributed by atoms with Gasteiger partial charge in [0.05, 0.1) is 37.6 Å². The molecular weight excluding hydrogens is 492 g/mol. The van der Waals surface area contributed by atoms with Crippen LogP contribution in [0, 0.1) is 5.41 Å². The van der Waals surface area contributed by atoms with E-state index in [0.29, 0.717) is 44.0 Å². The van der Waals surface area contributed by atoms with E-state index >= 15 is 0 Å². The highest BCUT2D eigenvalue weighted by Crippen LogP contribution is 2.39.